The monoisotopic (exact) mass is 273 g/mol. The first-order valence-corrected chi connectivity index (χ1v) is 7.88. The number of hydrogen-bond acceptors (Lipinski definition) is 2. The molecule has 0 bridgehead atoms. The lowest BCUT2D eigenvalue weighted by atomic mass is 10.0. The van der Waals surface area contributed by atoms with Crippen LogP contribution in [-0.4, -0.2) is 6.04 Å². The lowest BCUT2D eigenvalue weighted by Gasteiger charge is -2.19. The number of hydrogen-bond donors (Lipinski definition) is 1. The molecular weight excluding hydrogens is 250 g/mol. The minimum absolute atomic E-state index is 0.451. The highest BCUT2D eigenvalue weighted by molar-refractivity contribution is 7.10. The second-order valence-electron chi connectivity index (χ2n) is 5.33. The van der Waals surface area contributed by atoms with Crippen molar-refractivity contribution < 1.29 is 0 Å². The minimum Gasteiger partial charge on any atom is -0.307 e. The zero-order valence-electron chi connectivity index (χ0n) is 12.0. The molecule has 0 saturated carbocycles. The molecule has 102 valence electrons. The van der Waals surface area contributed by atoms with Crippen LogP contribution in [0.2, 0.25) is 0 Å². The first-order valence-electron chi connectivity index (χ1n) is 7.00. The van der Waals surface area contributed by atoms with E-state index in [2.05, 4.69) is 67.9 Å². The van der Waals surface area contributed by atoms with Crippen LogP contribution in [0.1, 0.15) is 42.3 Å². The summed E-state index contributed by atoms with van der Waals surface area (Å²) in [4.78, 5) is 1.42. The third-order valence-corrected chi connectivity index (χ3v) is 4.51. The quantitative estimate of drug-likeness (QED) is 0.802. The molecule has 1 aromatic heterocycles. The maximum absolute atomic E-state index is 3.68. The molecule has 2 atom stereocenters. The van der Waals surface area contributed by atoms with Crippen LogP contribution < -0.4 is 5.32 Å². The second kappa shape index (κ2) is 6.88. The Labute approximate surface area is 120 Å². The topological polar surface area (TPSA) is 12.0 Å². The molecule has 0 aliphatic rings. The van der Waals surface area contributed by atoms with Gasteiger partial charge >= 0.3 is 0 Å². The molecule has 2 heteroatoms. The molecule has 19 heavy (non-hydrogen) atoms. The standard InChI is InChI=1S/C17H23NS/c1-13-6-4-7-16(12-13)10-9-14(2)18-15(3)17-8-5-11-19-17/h4-8,11-12,14-15,18H,9-10H2,1-3H3. The lowest BCUT2D eigenvalue weighted by Crippen LogP contribution is -2.28. The van der Waals surface area contributed by atoms with Crippen molar-refractivity contribution in [3.63, 3.8) is 0 Å². The van der Waals surface area contributed by atoms with Gasteiger partial charge in [0.25, 0.3) is 0 Å². The number of aryl methyl sites for hydroxylation is 2. The molecule has 1 heterocycles. The number of thiophene rings is 1. The van der Waals surface area contributed by atoms with Crippen LogP contribution in [0.4, 0.5) is 0 Å². The Hall–Kier alpha value is -1.12. The predicted molar refractivity (Wildman–Crippen MR) is 84.8 cm³/mol. The molecule has 1 N–H and O–H groups in total. The van der Waals surface area contributed by atoms with E-state index in [1.54, 1.807) is 0 Å². The van der Waals surface area contributed by atoms with E-state index in [1.807, 2.05) is 11.3 Å². The number of nitrogens with one attached hydrogen (secondary N) is 1. The molecule has 1 aromatic carbocycles. The summed E-state index contributed by atoms with van der Waals surface area (Å²) in [5.41, 5.74) is 2.79. The summed E-state index contributed by atoms with van der Waals surface area (Å²) >= 11 is 1.83. The molecule has 0 aliphatic carbocycles. The van der Waals surface area contributed by atoms with Crippen LogP contribution in [0.3, 0.4) is 0 Å². The van der Waals surface area contributed by atoms with E-state index in [4.69, 9.17) is 0 Å². The Balaban J connectivity index is 1.80. The number of benzene rings is 1. The van der Waals surface area contributed by atoms with Crippen molar-refractivity contribution >= 4 is 11.3 Å². The lowest BCUT2D eigenvalue weighted by molar-refractivity contribution is 0.460. The zero-order chi connectivity index (χ0) is 13.7. The molecule has 0 aliphatic heterocycles. The van der Waals surface area contributed by atoms with Crippen LogP contribution in [0.25, 0.3) is 0 Å². The fraction of sp³-hybridized carbons (Fsp3) is 0.412. The van der Waals surface area contributed by atoms with Gasteiger partial charge in [-0.05, 0) is 50.6 Å². The molecule has 0 fully saturated rings. The van der Waals surface area contributed by atoms with Gasteiger partial charge in [0.2, 0.25) is 0 Å². The molecule has 2 aromatic rings. The van der Waals surface area contributed by atoms with Crippen LogP contribution in [0.15, 0.2) is 41.8 Å². The van der Waals surface area contributed by atoms with Crippen LogP contribution in [0, 0.1) is 6.92 Å². The van der Waals surface area contributed by atoms with Gasteiger partial charge in [-0.2, -0.15) is 0 Å². The van der Waals surface area contributed by atoms with E-state index in [9.17, 15) is 0 Å². The molecule has 1 nitrogen and oxygen atoms in total. The fourth-order valence-electron chi connectivity index (χ4n) is 2.38. The van der Waals surface area contributed by atoms with Gasteiger partial charge in [-0.15, -0.1) is 11.3 Å². The zero-order valence-corrected chi connectivity index (χ0v) is 12.8. The van der Waals surface area contributed by atoms with Crippen molar-refractivity contribution in [3.05, 3.63) is 57.8 Å². The van der Waals surface area contributed by atoms with Crippen LogP contribution >= 0.6 is 11.3 Å². The van der Waals surface area contributed by atoms with E-state index in [0.29, 0.717) is 12.1 Å². The molecule has 0 radical (unpaired) electrons. The summed E-state index contributed by atoms with van der Waals surface area (Å²) in [5.74, 6) is 0. The SMILES string of the molecule is Cc1cccc(CCC(C)NC(C)c2cccs2)c1. The fourth-order valence-corrected chi connectivity index (χ4v) is 3.12. The highest BCUT2D eigenvalue weighted by Crippen LogP contribution is 2.19. The highest BCUT2D eigenvalue weighted by Gasteiger charge is 2.10. The van der Waals surface area contributed by atoms with E-state index in [0.717, 1.165) is 6.42 Å². The largest absolute Gasteiger partial charge is 0.307 e. The molecule has 0 saturated heterocycles. The van der Waals surface area contributed by atoms with Crippen molar-refractivity contribution in [1.82, 2.24) is 5.32 Å². The van der Waals surface area contributed by atoms with Gasteiger partial charge in [0.05, 0.1) is 0 Å². The van der Waals surface area contributed by atoms with E-state index < -0.39 is 0 Å². The van der Waals surface area contributed by atoms with Crippen molar-refractivity contribution in [3.8, 4) is 0 Å². The van der Waals surface area contributed by atoms with Gasteiger partial charge < -0.3 is 5.32 Å². The van der Waals surface area contributed by atoms with Gasteiger partial charge in [0.15, 0.2) is 0 Å². The molecule has 2 rings (SSSR count). The average molecular weight is 273 g/mol. The van der Waals surface area contributed by atoms with Gasteiger partial charge in [-0.3, -0.25) is 0 Å². The summed E-state index contributed by atoms with van der Waals surface area (Å²) in [6.45, 7) is 6.68. The van der Waals surface area contributed by atoms with E-state index in [1.165, 1.54) is 22.4 Å². The Morgan fingerprint density at radius 1 is 1.16 bits per heavy atom. The van der Waals surface area contributed by atoms with Crippen molar-refractivity contribution in [2.75, 3.05) is 0 Å². The van der Waals surface area contributed by atoms with Gasteiger partial charge in [0, 0.05) is 17.0 Å². The second-order valence-corrected chi connectivity index (χ2v) is 6.31. The van der Waals surface area contributed by atoms with Crippen LogP contribution in [-0.2, 0) is 6.42 Å². The normalized spacial score (nSPS) is 14.3. The Morgan fingerprint density at radius 2 is 2.00 bits per heavy atom. The predicted octanol–water partition coefficient (Wildman–Crippen LogP) is 4.73. The van der Waals surface area contributed by atoms with Crippen LogP contribution in [0.5, 0.6) is 0 Å². The molecule has 0 spiro atoms. The number of rotatable bonds is 6. The summed E-state index contributed by atoms with van der Waals surface area (Å²) in [6.07, 6.45) is 2.33. The van der Waals surface area contributed by atoms with Gasteiger partial charge in [-0.25, -0.2) is 0 Å². The Morgan fingerprint density at radius 3 is 2.68 bits per heavy atom. The summed E-state index contributed by atoms with van der Waals surface area (Å²) in [7, 11) is 0. The molecule has 2 unspecified atom stereocenters. The molecular formula is C17H23NS. The summed E-state index contributed by atoms with van der Waals surface area (Å²) in [5, 5.41) is 5.82. The summed E-state index contributed by atoms with van der Waals surface area (Å²) < 4.78 is 0. The third-order valence-electron chi connectivity index (χ3n) is 3.45. The first kappa shape index (κ1) is 14.3. The highest BCUT2D eigenvalue weighted by atomic mass is 32.1. The maximum Gasteiger partial charge on any atom is 0.0388 e. The van der Waals surface area contributed by atoms with Crippen molar-refractivity contribution in [1.29, 1.82) is 0 Å². The van der Waals surface area contributed by atoms with Gasteiger partial charge in [-0.1, -0.05) is 35.9 Å². The van der Waals surface area contributed by atoms with Crippen molar-refractivity contribution in [2.45, 2.75) is 45.7 Å². The maximum atomic E-state index is 3.68. The Bertz CT molecular complexity index is 490. The van der Waals surface area contributed by atoms with E-state index in [-0.39, 0.29) is 0 Å². The summed E-state index contributed by atoms with van der Waals surface area (Å²) in [6, 6.07) is 14.1. The minimum atomic E-state index is 0.451. The first-order chi connectivity index (χ1) is 9.15. The Kier molecular flexibility index (Phi) is 5.17. The van der Waals surface area contributed by atoms with E-state index >= 15 is 0 Å². The van der Waals surface area contributed by atoms with Crippen molar-refractivity contribution in [2.24, 2.45) is 0 Å². The molecule has 0 amide bonds. The smallest absolute Gasteiger partial charge is 0.0388 e. The average Bonchev–Trinajstić information content (AvgIpc) is 2.90. The van der Waals surface area contributed by atoms with Gasteiger partial charge in [0.1, 0.15) is 0 Å². The third kappa shape index (κ3) is 4.48.